The van der Waals surface area contributed by atoms with Gasteiger partial charge in [0.05, 0.1) is 0 Å². The maximum atomic E-state index is 9.60. The summed E-state index contributed by atoms with van der Waals surface area (Å²) < 4.78 is 0. The predicted molar refractivity (Wildman–Crippen MR) is 28.6 cm³/mol. The maximum Gasteiger partial charge on any atom is 0 e. The van der Waals surface area contributed by atoms with Crippen molar-refractivity contribution in [2.45, 2.75) is 11.7 Å². The molecule has 0 aromatic carbocycles. The first-order valence-corrected chi connectivity index (χ1v) is 3.12. The van der Waals surface area contributed by atoms with Gasteiger partial charge in [-0.15, -0.1) is 0 Å². The number of carbonyl (C=O) groups is 1. The summed E-state index contributed by atoms with van der Waals surface area (Å²) in [7, 11) is 0. The van der Waals surface area contributed by atoms with Crippen molar-refractivity contribution in [3.05, 3.63) is 0 Å². The molecular weight excluding hydrogens is 164 g/mol. The van der Waals surface area contributed by atoms with Gasteiger partial charge in [-0.05, 0) is 0 Å². The molecule has 0 rings (SSSR count). The molecule has 0 heterocycles. The largest absolute Gasteiger partial charge is 0 e. The van der Waals surface area contributed by atoms with E-state index in [0.717, 1.165) is 5.25 Å². The molecule has 34 valence electrons. The molecular formula is C3H5GeNaO2. The molecule has 0 atom stereocenters. The third-order valence-corrected chi connectivity index (χ3v) is 0.863. The van der Waals surface area contributed by atoms with Crippen molar-refractivity contribution in [1.82, 2.24) is 0 Å². The zero-order valence-corrected chi connectivity index (χ0v) is 8.37. The van der Waals surface area contributed by atoms with Crippen LogP contribution in [0.25, 0.3) is 0 Å². The van der Waals surface area contributed by atoms with E-state index in [0.29, 0.717) is 6.42 Å². The summed E-state index contributed by atoms with van der Waals surface area (Å²) >= 11 is 1.84. The fourth-order valence-electron chi connectivity index (χ4n) is 0.107. The van der Waals surface area contributed by atoms with Gasteiger partial charge >= 0.3 is 44.1 Å². The SMILES string of the molecule is O=C(O)C[CH2][Ge].[Na]. The molecule has 0 aromatic rings. The first kappa shape index (κ1) is 10.9. The van der Waals surface area contributed by atoms with E-state index in [1.165, 1.54) is 0 Å². The van der Waals surface area contributed by atoms with E-state index in [4.69, 9.17) is 5.11 Å². The van der Waals surface area contributed by atoms with E-state index < -0.39 is 5.97 Å². The second-order valence-corrected chi connectivity index (χ2v) is 1.94. The Bertz CT molecular complexity index is 56.9. The molecule has 0 aromatic heterocycles. The van der Waals surface area contributed by atoms with Gasteiger partial charge in [0.2, 0.25) is 0 Å². The van der Waals surface area contributed by atoms with E-state index in [2.05, 4.69) is 0 Å². The van der Waals surface area contributed by atoms with Gasteiger partial charge in [0, 0.05) is 29.6 Å². The van der Waals surface area contributed by atoms with Gasteiger partial charge in [-0.3, -0.25) is 0 Å². The van der Waals surface area contributed by atoms with E-state index in [1.54, 1.807) is 0 Å². The Morgan fingerprint density at radius 2 is 2.14 bits per heavy atom. The van der Waals surface area contributed by atoms with Gasteiger partial charge in [-0.2, -0.15) is 0 Å². The van der Waals surface area contributed by atoms with Crippen LogP contribution < -0.4 is 0 Å². The molecule has 1 N–H and O–H groups in total. The fourth-order valence-corrected chi connectivity index (χ4v) is 0.556. The average Bonchev–Trinajstić information content (AvgIpc) is 1.35. The normalized spacial score (nSPS) is 7.00. The van der Waals surface area contributed by atoms with Crippen LogP contribution in [-0.2, 0) is 4.79 Å². The minimum absolute atomic E-state index is 0. The van der Waals surface area contributed by atoms with Crippen LogP contribution in [-0.4, -0.2) is 57.1 Å². The molecule has 7 heavy (non-hydrogen) atoms. The van der Waals surface area contributed by atoms with Gasteiger partial charge in [0.1, 0.15) is 0 Å². The molecule has 4 radical (unpaired) electrons. The summed E-state index contributed by atoms with van der Waals surface area (Å²) in [4.78, 5) is 9.60. The molecule has 0 saturated carbocycles. The Morgan fingerprint density at radius 3 is 2.14 bits per heavy atom. The Balaban J connectivity index is 0. The minimum Gasteiger partial charge on any atom is 0 e. The van der Waals surface area contributed by atoms with Crippen LogP contribution in [0, 0.1) is 0 Å². The summed E-state index contributed by atoms with van der Waals surface area (Å²) in [6, 6.07) is 0. The molecule has 0 fully saturated rings. The van der Waals surface area contributed by atoms with Crippen LogP contribution in [0.2, 0.25) is 5.25 Å². The number of rotatable bonds is 2. The van der Waals surface area contributed by atoms with Crippen LogP contribution in [0.15, 0.2) is 0 Å². The molecule has 0 bridgehead atoms. The summed E-state index contributed by atoms with van der Waals surface area (Å²) in [5.74, 6) is -0.711. The van der Waals surface area contributed by atoms with Crippen molar-refractivity contribution in [2.75, 3.05) is 0 Å². The van der Waals surface area contributed by atoms with E-state index in [1.807, 2.05) is 16.5 Å². The fraction of sp³-hybridized carbons (Fsp3) is 0.667. The topological polar surface area (TPSA) is 37.3 Å². The van der Waals surface area contributed by atoms with Crippen LogP contribution in [0.3, 0.4) is 0 Å². The molecule has 0 aliphatic rings. The Kier molecular flexibility index (Phi) is 10.9. The van der Waals surface area contributed by atoms with Crippen LogP contribution in [0.4, 0.5) is 0 Å². The van der Waals surface area contributed by atoms with Gasteiger partial charge in [0.25, 0.3) is 0 Å². The Labute approximate surface area is 73.2 Å². The molecule has 0 aliphatic heterocycles. The molecule has 0 spiro atoms. The van der Waals surface area contributed by atoms with E-state index >= 15 is 0 Å². The van der Waals surface area contributed by atoms with Crippen molar-refractivity contribution in [2.24, 2.45) is 0 Å². The second kappa shape index (κ2) is 7.01. The molecule has 0 aliphatic carbocycles. The molecule has 0 amide bonds. The maximum absolute atomic E-state index is 9.60. The predicted octanol–water partition coefficient (Wildman–Crippen LogP) is -0.333. The summed E-state index contributed by atoms with van der Waals surface area (Å²) in [5.41, 5.74) is 0. The standard InChI is InChI=1S/C3H5GeO2.Na/c4-2-1-3(5)6;/h1-2H2,(H,5,6);. The molecule has 4 heteroatoms. The number of aliphatic carboxylic acids is 1. The van der Waals surface area contributed by atoms with Crippen molar-refractivity contribution in [1.29, 1.82) is 0 Å². The zero-order valence-electron chi connectivity index (χ0n) is 4.27. The molecule has 0 unspecified atom stereocenters. The van der Waals surface area contributed by atoms with Crippen LogP contribution in [0.1, 0.15) is 6.42 Å². The second-order valence-electron chi connectivity index (χ2n) is 0.894. The van der Waals surface area contributed by atoms with Gasteiger partial charge in [-0.1, -0.05) is 0 Å². The minimum atomic E-state index is -0.711. The first-order valence-electron chi connectivity index (χ1n) is 1.63. The van der Waals surface area contributed by atoms with Gasteiger partial charge in [0.15, 0.2) is 0 Å². The first-order chi connectivity index (χ1) is 2.77. The number of carboxylic acid groups (broad SMARTS) is 1. The van der Waals surface area contributed by atoms with Crippen molar-refractivity contribution in [3.8, 4) is 0 Å². The average molecular weight is 169 g/mol. The van der Waals surface area contributed by atoms with Crippen molar-refractivity contribution < 1.29 is 9.90 Å². The van der Waals surface area contributed by atoms with Crippen LogP contribution >= 0.6 is 0 Å². The quantitative estimate of drug-likeness (QED) is 0.574. The Morgan fingerprint density at radius 1 is 1.71 bits per heavy atom. The summed E-state index contributed by atoms with van der Waals surface area (Å²) in [6.07, 6.45) is 0.292. The van der Waals surface area contributed by atoms with Crippen molar-refractivity contribution in [3.63, 3.8) is 0 Å². The van der Waals surface area contributed by atoms with Crippen molar-refractivity contribution >= 4 is 52.0 Å². The molecule has 2 nitrogen and oxygen atoms in total. The molecule has 0 saturated heterocycles. The van der Waals surface area contributed by atoms with E-state index in [-0.39, 0.29) is 29.6 Å². The zero-order chi connectivity index (χ0) is 4.99. The third kappa shape index (κ3) is 10.9. The van der Waals surface area contributed by atoms with E-state index in [9.17, 15) is 4.79 Å². The number of carboxylic acids is 1. The van der Waals surface area contributed by atoms with Gasteiger partial charge < -0.3 is 0 Å². The number of hydrogen-bond donors (Lipinski definition) is 1. The Hall–Kier alpha value is 1.01. The number of hydrogen-bond acceptors (Lipinski definition) is 1. The monoisotopic (exact) mass is 170 g/mol. The van der Waals surface area contributed by atoms with Gasteiger partial charge in [-0.25, -0.2) is 0 Å². The van der Waals surface area contributed by atoms with Crippen LogP contribution in [0.5, 0.6) is 0 Å². The summed E-state index contributed by atoms with van der Waals surface area (Å²) in [5, 5.41) is 8.64. The third-order valence-electron chi connectivity index (χ3n) is 0.339. The smallest absolute Gasteiger partial charge is 0 e. The summed E-state index contributed by atoms with van der Waals surface area (Å²) in [6.45, 7) is 0.